The predicted molar refractivity (Wildman–Crippen MR) is 59.6 cm³/mol. The first-order valence-electron chi connectivity index (χ1n) is 5.31. The average Bonchev–Trinajstić information content (AvgIpc) is 2.64. The molecule has 1 aliphatic heterocycles. The fraction of sp³-hybridized carbons (Fsp3) is 0.417. The van der Waals surface area contributed by atoms with Crippen LogP contribution in [0.3, 0.4) is 0 Å². The van der Waals surface area contributed by atoms with Gasteiger partial charge in [0.2, 0.25) is 12.7 Å². The van der Waals surface area contributed by atoms with Gasteiger partial charge in [-0.25, -0.2) is 0 Å². The summed E-state index contributed by atoms with van der Waals surface area (Å²) in [4.78, 5) is 11.3. The number of ether oxygens (including phenoxy) is 2. The summed E-state index contributed by atoms with van der Waals surface area (Å²) in [7, 11) is 0. The van der Waals surface area contributed by atoms with Crippen molar-refractivity contribution >= 4 is 5.91 Å². The quantitative estimate of drug-likeness (QED) is 0.845. The molecule has 0 aromatic heterocycles. The van der Waals surface area contributed by atoms with Crippen LogP contribution in [0.4, 0.5) is 0 Å². The molecule has 0 bridgehead atoms. The van der Waals surface area contributed by atoms with E-state index in [4.69, 9.17) is 15.2 Å². The SMILES string of the molecule is CC(C)Cc1c(C(N)=O)ccc2c1OCO2. The van der Waals surface area contributed by atoms with E-state index in [1.165, 1.54) is 0 Å². The fourth-order valence-electron chi connectivity index (χ4n) is 1.87. The highest BCUT2D eigenvalue weighted by Gasteiger charge is 2.23. The van der Waals surface area contributed by atoms with E-state index >= 15 is 0 Å². The first kappa shape index (κ1) is 10.8. The Balaban J connectivity index is 2.51. The number of carbonyl (C=O) groups excluding carboxylic acids is 1. The van der Waals surface area contributed by atoms with Crippen LogP contribution in [0.25, 0.3) is 0 Å². The minimum atomic E-state index is -0.422. The highest BCUT2D eigenvalue weighted by molar-refractivity contribution is 5.95. The Morgan fingerprint density at radius 3 is 2.81 bits per heavy atom. The molecule has 1 heterocycles. The van der Waals surface area contributed by atoms with Gasteiger partial charge in [0.1, 0.15) is 0 Å². The smallest absolute Gasteiger partial charge is 0.249 e. The van der Waals surface area contributed by atoms with Crippen LogP contribution < -0.4 is 15.2 Å². The summed E-state index contributed by atoms with van der Waals surface area (Å²) < 4.78 is 10.7. The van der Waals surface area contributed by atoms with Gasteiger partial charge < -0.3 is 15.2 Å². The van der Waals surface area contributed by atoms with Crippen LogP contribution in [0.2, 0.25) is 0 Å². The van der Waals surface area contributed by atoms with Gasteiger partial charge in [-0.2, -0.15) is 0 Å². The number of benzene rings is 1. The van der Waals surface area contributed by atoms with Gasteiger partial charge in [0.25, 0.3) is 0 Å². The first-order valence-corrected chi connectivity index (χ1v) is 5.31. The number of hydrogen-bond donors (Lipinski definition) is 1. The van der Waals surface area contributed by atoms with Crippen molar-refractivity contribution in [2.24, 2.45) is 11.7 Å². The van der Waals surface area contributed by atoms with Gasteiger partial charge in [0, 0.05) is 11.1 Å². The summed E-state index contributed by atoms with van der Waals surface area (Å²) in [6.45, 7) is 4.38. The van der Waals surface area contributed by atoms with E-state index in [0.29, 0.717) is 23.0 Å². The molecule has 4 heteroatoms. The van der Waals surface area contributed by atoms with Crippen LogP contribution in [0, 0.1) is 5.92 Å². The molecule has 0 saturated carbocycles. The van der Waals surface area contributed by atoms with E-state index in [1.807, 2.05) is 0 Å². The molecule has 0 radical (unpaired) electrons. The third-order valence-electron chi connectivity index (χ3n) is 2.52. The Morgan fingerprint density at radius 2 is 2.19 bits per heavy atom. The molecule has 0 saturated heterocycles. The molecule has 0 fully saturated rings. The summed E-state index contributed by atoms with van der Waals surface area (Å²) in [5.41, 5.74) is 6.73. The van der Waals surface area contributed by atoms with Crippen molar-refractivity contribution in [3.05, 3.63) is 23.3 Å². The Kier molecular flexibility index (Phi) is 2.73. The lowest BCUT2D eigenvalue weighted by atomic mass is 9.96. The zero-order valence-corrected chi connectivity index (χ0v) is 9.45. The number of rotatable bonds is 3. The molecule has 4 nitrogen and oxygen atoms in total. The Morgan fingerprint density at radius 1 is 1.44 bits per heavy atom. The number of carbonyl (C=O) groups is 1. The van der Waals surface area contributed by atoms with Gasteiger partial charge in [0.15, 0.2) is 11.5 Å². The van der Waals surface area contributed by atoms with Gasteiger partial charge in [-0.3, -0.25) is 4.79 Å². The first-order chi connectivity index (χ1) is 7.59. The largest absolute Gasteiger partial charge is 0.454 e. The summed E-state index contributed by atoms with van der Waals surface area (Å²) in [6, 6.07) is 3.43. The summed E-state index contributed by atoms with van der Waals surface area (Å²) in [5, 5.41) is 0. The molecule has 0 spiro atoms. The lowest BCUT2D eigenvalue weighted by molar-refractivity contribution is 0.0998. The van der Waals surface area contributed by atoms with E-state index in [1.54, 1.807) is 12.1 Å². The van der Waals surface area contributed by atoms with Gasteiger partial charge in [0.05, 0.1) is 0 Å². The second kappa shape index (κ2) is 4.04. The maximum Gasteiger partial charge on any atom is 0.249 e. The minimum absolute atomic E-state index is 0.211. The van der Waals surface area contributed by atoms with E-state index in [-0.39, 0.29) is 6.79 Å². The third kappa shape index (κ3) is 1.83. The topological polar surface area (TPSA) is 61.6 Å². The van der Waals surface area contributed by atoms with Crippen molar-refractivity contribution in [3.63, 3.8) is 0 Å². The molecule has 16 heavy (non-hydrogen) atoms. The molecular weight excluding hydrogens is 206 g/mol. The van der Waals surface area contributed by atoms with Crippen LogP contribution >= 0.6 is 0 Å². The summed E-state index contributed by atoms with van der Waals surface area (Å²) in [6.07, 6.45) is 0.755. The fourth-order valence-corrected chi connectivity index (χ4v) is 1.87. The summed E-state index contributed by atoms with van der Waals surface area (Å²) >= 11 is 0. The highest BCUT2D eigenvalue weighted by atomic mass is 16.7. The van der Waals surface area contributed by atoms with Crippen LogP contribution in [0.15, 0.2) is 12.1 Å². The number of nitrogens with two attached hydrogens (primary N) is 1. The van der Waals surface area contributed by atoms with Gasteiger partial charge in [-0.15, -0.1) is 0 Å². The van der Waals surface area contributed by atoms with Crippen molar-refractivity contribution in [2.45, 2.75) is 20.3 Å². The lowest BCUT2D eigenvalue weighted by Crippen LogP contribution is -2.15. The zero-order valence-electron chi connectivity index (χ0n) is 9.45. The Hall–Kier alpha value is -1.71. The predicted octanol–water partition coefficient (Wildman–Crippen LogP) is 1.71. The molecule has 86 valence electrons. The van der Waals surface area contributed by atoms with Crippen LogP contribution in [0.5, 0.6) is 11.5 Å². The molecule has 2 rings (SSSR count). The molecule has 1 aromatic carbocycles. The molecule has 0 unspecified atom stereocenters. The number of amides is 1. The van der Waals surface area contributed by atoms with Crippen molar-refractivity contribution < 1.29 is 14.3 Å². The molecule has 0 aliphatic carbocycles. The molecule has 0 atom stereocenters. The van der Waals surface area contributed by atoms with E-state index in [0.717, 1.165) is 12.0 Å². The highest BCUT2D eigenvalue weighted by Crippen LogP contribution is 2.38. The van der Waals surface area contributed by atoms with Crippen molar-refractivity contribution in [1.82, 2.24) is 0 Å². The molecular formula is C12H15NO3. The number of primary amides is 1. The maximum atomic E-state index is 11.3. The second-order valence-corrected chi connectivity index (χ2v) is 4.29. The number of hydrogen-bond acceptors (Lipinski definition) is 3. The Bertz CT molecular complexity index is 427. The molecule has 1 aromatic rings. The second-order valence-electron chi connectivity index (χ2n) is 4.29. The number of fused-ring (bicyclic) bond motifs is 1. The monoisotopic (exact) mass is 221 g/mol. The standard InChI is InChI=1S/C12H15NO3/c1-7(2)5-9-8(12(13)14)3-4-10-11(9)16-6-15-10/h3-4,7H,5-6H2,1-2H3,(H2,13,14). The van der Waals surface area contributed by atoms with Crippen LogP contribution in [0.1, 0.15) is 29.8 Å². The zero-order chi connectivity index (χ0) is 11.7. The molecule has 1 amide bonds. The summed E-state index contributed by atoms with van der Waals surface area (Å²) in [5.74, 6) is 1.37. The molecule has 2 N–H and O–H groups in total. The van der Waals surface area contributed by atoms with Crippen molar-refractivity contribution in [3.8, 4) is 11.5 Å². The van der Waals surface area contributed by atoms with Gasteiger partial charge >= 0.3 is 0 Å². The maximum absolute atomic E-state index is 11.3. The van der Waals surface area contributed by atoms with Gasteiger partial charge in [-0.1, -0.05) is 13.8 Å². The van der Waals surface area contributed by atoms with Crippen LogP contribution in [-0.4, -0.2) is 12.7 Å². The third-order valence-corrected chi connectivity index (χ3v) is 2.52. The van der Waals surface area contributed by atoms with Gasteiger partial charge in [-0.05, 0) is 24.5 Å². The minimum Gasteiger partial charge on any atom is -0.454 e. The average molecular weight is 221 g/mol. The Labute approximate surface area is 94.3 Å². The lowest BCUT2D eigenvalue weighted by Gasteiger charge is -2.12. The van der Waals surface area contributed by atoms with Crippen molar-refractivity contribution in [1.29, 1.82) is 0 Å². The van der Waals surface area contributed by atoms with E-state index in [9.17, 15) is 4.79 Å². The van der Waals surface area contributed by atoms with Crippen LogP contribution in [-0.2, 0) is 6.42 Å². The molecule has 1 aliphatic rings. The van der Waals surface area contributed by atoms with E-state index in [2.05, 4.69) is 13.8 Å². The normalized spacial score (nSPS) is 13.2. The van der Waals surface area contributed by atoms with E-state index < -0.39 is 5.91 Å². The van der Waals surface area contributed by atoms with Crippen molar-refractivity contribution in [2.75, 3.05) is 6.79 Å².